The van der Waals surface area contributed by atoms with E-state index in [1.54, 1.807) is 0 Å². The van der Waals surface area contributed by atoms with Crippen LogP contribution in [0.3, 0.4) is 0 Å². The van der Waals surface area contributed by atoms with Crippen LogP contribution in [-0.2, 0) is 6.42 Å². The van der Waals surface area contributed by atoms with Crippen molar-refractivity contribution in [3.63, 3.8) is 0 Å². The Morgan fingerprint density at radius 1 is 1.31 bits per heavy atom. The lowest BCUT2D eigenvalue weighted by Gasteiger charge is -2.11. The number of aromatic nitrogens is 2. The van der Waals surface area contributed by atoms with Gasteiger partial charge >= 0.3 is 0 Å². The van der Waals surface area contributed by atoms with Crippen molar-refractivity contribution in [2.45, 2.75) is 25.3 Å². The molecule has 1 saturated carbocycles. The average molecular weight is 213 g/mol. The van der Waals surface area contributed by atoms with E-state index in [0.29, 0.717) is 0 Å². The molecule has 3 rings (SSSR count). The molecule has 0 aliphatic heterocycles. The number of nitrogens with zero attached hydrogens (tertiary/aromatic N) is 2. The van der Waals surface area contributed by atoms with Gasteiger partial charge in [-0.2, -0.15) is 10.2 Å². The molecule has 3 nitrogen and oxygen atoms in total. The molecule has 0 radical (unpaired) electrons. The second kappa shape index (κ2) is 3.83. The van der Waals surface area contributed by atoms with Crippen LogP contribution in [0, 0.1) is 5.92 Å². The molecule has 1 aliphatic carbocycles. The minimum absolute atomic E-state index is 0.285. The highest BCUT2D eigenvalue weighted by Gasteiger charge is 2.28. The van der Waals surface area contributed by atoms with E-state index >= 15 is 0 Å². The van der Waals surface area contributed by atoms with Crippen molar-refractivity contribution in [1.82, 2.24) is 10.2 Å². The highest BCUT2D eigenvalue weighted by molar-refractivity contribution is 5.81. The summed E-state index contributed by atoms with van der Waals surface area (Å²) in [6, 6.07) is 8.40. The van der Waals surface area contributed by atoms with Gasteiger partial charge < -0.3 is 5.73 Å². The Morgan fingerprint density at radius 2 is 2.12 bits per heavy atom. The van der Waals surface area contributed by atoms with Gasteiger partial charge in [-0.05, 0) is 36.8 Å². The summed E-state index contributed by atoms with van der Waals surface area (Å²) in [4.78, 5) is 0. The van der Waals surface area contributed by atoms with E-state index in [-0.39, 0.29) is 6.04 Å². The topological polar surface area (TPSA) is 51.8 Å². The van der Waals surface area contributed by atoms with Crippen LogP contribution < -0.4 is 5.73 Å². The number of hydrogen-bond donors (Lipinski definition) is 1. The third-order valence-corrected chi connectivity index (χ3v) is 3.31. The first kappa shape index (κ1) is 9.73. The van der Waals surface area contributed by atoms with E-state index in [9.17, 15) is 0 Å². The lowest BCUT2D eigenvalue weighted by Crippen LogP contribution is -2.25. The standard InChI is InChI=1S/C13H15N3/c14-12(9-5-6-9)7-10-8-15-16-13-4-2-1-3-11(10)13/h1-4,8-9,12H,5-7,14H2. The lowest BCUT2D eigenvalue weighted by molar-refractivity contribution is 0.592. The maximum atomic E-state index is 6.15. The molecule has 3 heteroatoms. The summed E-state index contributed by atoms with van der Waals surface area (Å²) in [7, 11) is 0. The van der Waals surface area contributed by atoms with E-state index in [0.717, 1.165) is 17.9 Å². The van der Waals surface area contributed by atoms with Crippen molar-refractivity contribution in [2.24, 2.45) is 11.7 Å². The van der Waals surface area contributed by atoms with Gasteiger partial charge in [0.15, 0.2) is 0 Å². The van der Waals surface area contributed by atoms with E-state index in [1.165, 1.54) is 23.8 Å². The first-order valence-corrected chi connectivity index (χ1v) is 5.79. The fourth-order valence-corrected chi connectivity index (χ4v) is 2.17. The molecule has 0 spiro atoms. The quantitative estimate of drug-likeness (QED) is 0.847. The maximum Gasteiger partial charge on any atom is 0.0932 e. The smallest absolute Gasteiger partial charge is 0.0932 e. The Balaban J connectivity index is 1.95. The van der Waals surface area contributed by atoms with Crippen LogP contribution in [0.15, 0.2) is 30.5 Å². The highest BCUT2D eigenvalue weighted by atomic mass is 15.1. The lowest BCUT2D eigenvalue weighted by atomic mass is 10.0. The summed E-state index contributed by atoms with van der Waals surface area (Å²) in [5.74, 6) is 0.729. The third-order valence-electron chi connectivity index (χ3n) is 3.31. The van der Waals surface area contributed by atoms with Gasteiger partial charge in [0.1, 0.15) is 0 Å². The molecule has 16 heavy (non-hydrogen) atoms. The Morgan fingerprint density at radius 3 is 2.94 bits per heavy atom. The number of fused-ring (bicyclic) bond motifs is 1. The Hall–Kier alpha value is -1.48. The summed E-state index contributed by atoms with van der Waals surface area (Å²) < 4.78 is 0. The van der Waals surface area contributed by atoms with Gasteiger partial charge in [-0.3, -0.25) is 0 Å². The zero-order valence-electron chi connectivity index (χ0n) is 9.13. The summed E-state index contributed by atoms with van der Waals surface area (Å²) in [5, 5.41) is 9.35. The van der Waals surface area contributed by atoms with Gasteiger partial charge in [0.2, 0.25) is 0 Å². The molecule has 1 atom stereocenters. The Bertz CT molecular complexity index is 500. The maximum absolute atomic E-state index is 6.15. The van der Waals surface area contributed by atoms with Gasteiger partial charge in [-0.15, -0.1) is 0 Å². The second-order valence-electron chi connectivity index (χ2n) is 4.59. The van der Waals surface area contributed by atoms with Crippen molar-refractivity contribution < 1.29 is 0 Å². The molecule has 2 N–H and O–H groups in total. The zero-order valence-corrected chi connectivity index (χ0v) is 9.13. The molecule has 82 valence electrons. The van der Waals surface area contributed by atoms with Crippen LogP contribution >= 0.6 is 0 Å². The third kappa shape index (κ3) is 1.78. The van der Waals surface area contributed by atoms with Crippen molar-refractivity contribution in [1.29, 1.82) is 0 Å². The van der Waals surface area contributed by atoms with E-state index in [1.807, 2.05) is 24.4 Å². The number of rotatable bonds is 3. The van der Waals surface area contributed by atoms with Crippen molar-refractivity contribution >= 4 is 10.9 Å². The van der Waals surface area contributed by atoms with Gasteiger partial charge in [-0.1, -0.05) is 18.2 Å². The van der Waals surface area contributed by atoms with Crippen molar-refractivity contribution in [3.05, 3.63) is 36.0 Å². The Labute approximate surface area is 94.7 Å². The predicted molar refractivity (Wildman–Crippen MR) is 63.9 cm³/mol. The highest BCUT2D eigenvalue weighted by Crippen LogP contribution is 2.33. The molecule has 1 aliphatic rings. The van der Waals surface area contributed by atoms with Gasteiger partial charge in [-0.25, -0.2) is 0 Å². The molecular weight excluding hydrogens is 198 g/mol. The monoisotopic (exact) mass is 213 g/mol. The van der Waals surface area contributed by atoms with Crippen LogP contribution in [0.2, 0.25) is 0 Å². The molecule has 0 bridgehead atoms. The van der Waals surface area contributed by atoms with E-state index in [4.69, 9.17) is 5.73 Å². The minimum Gasteiger partial charge on any atom is -0.327 e. The predicted octanol–water partition coefficient (Wildman–Crippen LogP) is 1.91. The SMILES string of the molecule is NC(Cc1cnnc2ccccc12)C1CC1. The number of benzene rings is 1. The molecule has 2 aromatic rings. The van der Waals surface area contributed by atoms with E-state index < -0.39 is 0 Å². The number of nitrogens with two attached hydrogens (primary N) is 1. The molecule has 1 unspecified atom stereocenters. The van der Waals surface area contributed by atoms with Crippen LogP contribution in [0.5, 0.6) is 0 Å². The average Bonchev–Trinajstić information content (AvgIpc) is 3.13. The van der Waals surface area contributed by atoms with Crippen LogP contribution in [0.25, 0.3) is 10.9 Å². The zero-order chi connectivity index (χ0) is 11.0. The number of hydrogen-bond acceptors (Lipinski definition) is 3. The van der Waals surface area contributed by atoms with Crippen molar-refractivity contribution in [3.8, 4) is 0 Å². The van der Waals surface area contributed by atoms with Crippen LogP contribution in [0.1, 0.15) is 18.4 Å². The molecule has 1 heterocycles. The largest absolute Gasteiger partial charge is 0.327 e. The summed E-state index contributed by atoms with van der Waals surface area (Å²) in [6.45, 7) is 0. The normalized spacial score (nSPS) is 17.6. The van der Waals surface area contributed by atoms with Gasteiger partial charge in [0.05, 0.1) is 11.7 Å². The fourth-order valence-electron chi connectivity index (χ4n) is 2.17. The molecule has 0 amide bonds. The summed E-state index contributed by atoms with van der Waals surface area (Å²) in [6.07, 6.45) is 5.35. The first-order chi connectivity index (χ1) is 7.84. The van der Waals surface area contributed by atoms with Crippen LogP contribution in [0.4, 0.5) is 0 Å². The second-order valence-corrected chi connectivity index (χ2v) is 4.59. The van der Waals surface area contributed by atoms with E-state index in [2.05, 4.69) is 16.3 Å². The minimum atomic E-state index is 0.285. The molecule has 0 saturated heterocycles. The van der Waals surface area contributed by atoms with Gasteiger partial charge in [0.25, 0.3) is 0 Å². The molecule has 1 aromatic carbocycles. The molecule has 1 aromatic heterocycles. The summed E-state index contributed by atoms with van der Waals surface area (Å²) >= 11 is 0. The Kier molecular flexibility index (Phi) is 2.33. The molecular formula is C13H15N3. The summed E-state index contributed by atoms with van der Waals surface area (Å²) in [5.41, 5.74) is 8.34. The van der Waals surface area contributed by atoms with Gasteiger partial charge in [0, 0.05) is 11.4 Å². The van der Waals surface area contributed by atoms with Crippen LogP contribution in [-0.4, -0.2) is 16.2 Å². The fraction of sp³-hybridized carbons (Fsp3) is 0.385. The molecule has 1 fully saturated rings. The van der Waals surface area contributed by atoms with Crippen molar-refractivity contribution in [2.75, 3.05) is 0 Å². The first-order valence-electron chi connectivity index (χ1n) is 5.79.